The van der Waals surface area contributed by atoms with Crippen LogP contribution in [0, 0.1) is 18.6 Å². The van der Waals surface area contributed by atoms with E-state index in [-0.39, 0.29) is 21.8 Å². The van der Waals surface area contributed by atoms with E-state index in [1.807, 2.05) is 0 Å². The van der Waals surface area contributed by atoms with Gasteiger partial charge in [-0.15, -0.1) is 0 Å². The fourth-order valence-corrected chi connectivity index (χ4v) is 4.11. The fraction of sp³-hybridized carbons (Fsp3) is 0.0500. The Hall–Kier alpha value is -2.97. The SMILES string of the molecule is Cc1ccc(NC(=O)c2ccc(F)cc2F)cc1S(=O)(=O)Nc1cccc(Cl)c1. The number of halogens is 3. The standard InChI is InChI=1S/C20H15ClF2N2O3S/c1-12-5-7-15(24-20(26)17-8-6-14(22)10-18(17)23)11-19(12)29(27,28)25-16-4-2-3-13(21)9-16/h2-11,25H,1H3,(H,24,26). The molecule has 5 nitrogen and oxygen atoms in total. The zero-order chi connectivity index (χ0) is 21.2. The number of sulfonamides is 1. The lowest BCUT2D eigenvalue weighted by Gasteiger charge is -2.13. The Morgan fingerprint density at radius 1 is 0.966 bits per heavy atom. The average molecular weight is 437 g/mol. The van der Waals surface area contributed by atoms with Gasteiger partial charge in [0, 0.05) is 16.8 Å². The van der Waals surface area contributed by atoms with Gasteiger partial charge >= 0.3 is 0 Å². The molecule has 3 aromatic rings. The maximum absolute atomic E-state index is 13.8. The Kier molecular flexibility index (Phi) is 5.86. The summed E-state index contributed by atoms with van der Waals surface area (Å²) in [4.78, 5) is 12.2. The third-order valence-corrected chi connectivity index (χ3v) is 5.75. The van der Waals surface area contributed by atoms with E-state index in [2.05, 4.69) is 10.0 Å². The molecule has 0 saturated heterocycles. The zero-order valence-electron chi connectivity index (χ0n) is 15.0. The number of hydrogen-bond acceptors (Lipinski definition) is 3. The minimum atomic E-state index is -3.98. The van der Waals surface area contributed by atoms with Gasteiger partial charge in [0.25, 0.3) is 15.9 Å². The van der Waals surface area contributed by atoms with Gasteiger partial charge in [-0.05, 0) is 55.0 Å². The molecule has 9 heteroatoms. The third-order valence-electron chi connectivity index (χ3n) is 3.99. The van der Waals surface area contributed by atoms with Crippen molar-refractivity contribution in [3.05, 3.63) is 88.4 Å². The minimum absolute atomic E-state index is 0.0742. The summed E-state index contributed by atoms with van der Waals surface area (Å²) >= 11 is 5.88. The molecule has 150 valence electrons. The highest BCUT2D eigenvalue weighted by atomic mass is 35.5. The number of benzene rings is 3. The highest BCUT2D eigenvalue weighted by Gasteiger charge is 2.19. The summed E-state index contributed by atoms with van der Waals surface area (Å²) in [5, 5.41) is 2.78. The highest BCUT2D eigenvalue weighted by molar-refractivity contribution is 7.92. The summed E-state index contributed by atoms with van der Waals surface area (Å²) < 4.78 is 54.8. The van der Waals surface area contributed by atoms with Crippen LogP contribution in [0.3, 0.4) is 0 Å². The van der Waals surface area contributed by atoms with Crippen molar-refractivity contribution in [2.75, 3.05) is 10.0 Å². The second kappa shape index (κ2) is 8.18. The van der Waals surface area contributed by atoms with Gasteiger partial charge in [0.05, 0.1) is 16.1 Å². The van der Waals surface area contributed by atoms with E-state index in [1.54, 1.807) is 25.1 Å². The molecule has 0 atom stereocenters. The molecule has 1 amide bonds. The first-order valence-corrected chi connectivity index (χ1v) is 10.2. The molecular formula is C20H15ClF2N2O3S. The number of carbonyl (C=O) groups is 1. The molecule has 0 bridgehead atoms. The van der Waals surface area contributed by atoms with E-state index in [1.165, 1.54) is 24.3 Å². The number of nitrogens with one attached hydrogen (secondary N) is 2. The van der Waals surface area contributed by atoms with Gasteiger partial charge in [0.1, 0.15) is 11.6 Å². The van der Waals surface area contributed by atoms with Crippen molar-refractivity contribution in [2.45, 2.75) is 11.8 Å². The zero-order valence-corrected chi connectivity index (χ0v) is 16.6. The Bertz CT molecular complexity index is 1200. The Morgan fingerprint density at radius 2 is 1.72 bits per heavy atom. The maximum atomic E-state index is 13.8. The van der Waals surface area contributed by atoms with Gasteiger partial charge in [-0.3, -0.25) is 9.52 Å². The van der Waals surface area contributed by atoms with Crippen LogP contribution in [0.1, 0.15) is 15.9 Å². The van der Waals surface area contributed by atoms with Crippen LogP contribution in [0.5, 0.6) is 0 Å². The van der Waals surface area contributed by atoms with Crippen LogP contribution < -0.4 is 10.0 Å². The molecule has 3 aromatic carbocycles. The molecule has 2 N–H and O–H groups in total. The lowest BCUT2D eigenvalue weighted by Crippen LogP contribution is -2.17. The Labute approximate surface area is 171 Å². The van der Waals surface area contributed by atoms with Crippen molar-refractivity contribution in [3.63, 3.8) is 0 Å². The quantitative estimate of drug-likeness (QED) is 0.592. The lowest BCUT2D eigenvalue weighted by molar-refractivity contribution is 0.102. The van der Waals surface area contributed by atoms with E-state index in [9.17, 15) is 22.0 Å². The third kappa shape index (κ3) is 4.90. The average Bonchev–Trinajstić information content (AvgIpc) is 2.62. The van der Waals surface area contributed by atoms with Crippen molar-refractivity contribution in [2.24, 2.45) is 0 Å². The molecule has 29 heavy (non-hydrogen) atoms. The molecule has 0 spiro atoms. The number of carbonyl (C=O) groups excluding carboxylic acids is 1. The first kappa shape index (κ1) is 20.8. The van der Waals surface area contributed by atoms with Crippen molar-refractivity contribution in [1.29, 1.82) is 0 Å². The van der Waals surface area contributed by atoms with Crippen molar-refractivity contribution >= 4 is 38.9 Å². The van der Waals surface area contributed by atoms with Crippen LogP contribution in [0.25, 0.3) is 0 Å². The molecular weight excluding hydrogens is 422 g/mol. The van der Waals surface area contributed by atoms with E-state index >= 15 is 0 Å². The molecule has 0 unspecified atom stereocenters. The number of aryl methyl sites for hydroxylation is 1. The number of hydrogen-bond donors (Lipinski definition) is 2. The van der Waals surface area contributed by atoms with E-state index in [0.29, 0.717) is 16.7 Å². The molecule has 0 heterocycles. The molecule has 0 aliphatic carbocycles. The summed E-state index contributed by atoms with van der Waals surface area (Å²) in [6.45, 7) is 1.60. The summed E-state index contributed by atoms with van der Waals surface area (Å²) in [6.07, 6.45) is 0. The van der Waals surface area contributed by atoms with Gasteiger partial charge in [0.15, 0.2) is 0 Å². The molecule has 3 rings (SSSR count). The van der Waals surface area contributed by atoms with Gasteiger partial charge in [-0.25, -0.2) is 17.2 Å². The van der Waals surface area contributed by atoms with Crippen molar-refractivity contribution < 1.29 is 22.0 Å². The minimum Gasteiger partial charge on any atom is -0.322 e. The molecule has 0 aliphatic rings. The summed E-state index contributed by atoms with van der Waals surface area (Å²) in [7, 11) is -3.98. The van der Waals surface area contributed by atoms with Gasteiger partial charge in [0.2, 0.25) is 0 Å². The number of rotatable bonds is 5. The highest BCUT2D eigenvalue weighted by Crippen LogP contribution is 2.25. The van der Waals surface area contributed by atoms with E-state index < -0.39 is 27.6 Å². The molecule has 0 saturated carbocycles. The Morgan fingerprint density at radius 3 is 2.41 bits per heavy atom. The maximum Gasteiger partial charge on any atom is 0.262 e. The normalized spacial score (nSPS) is 11.2. The summed E-state index contributed by atoms with van der Waals surface area (Å²) in [5.74, 6) is -2.67. The van der Waals surface area contributed by atoms with E-state index in [4.69, 9.17) is 11.6 Å². The second-order valence-electron chi connectivity index (χ2n) is 6.17. The smallest absolute Gasteiger partial charge is 0.262 e. The van der Waals surface area contributed by atoms with Crippen LogP contribution in [0.4, 0.5) is 20.2 Å². The van der Waals surface area contributed by atoms with Gasteiger partial charge in [-0.1, -0.05) is 23.7 Å². The summed E-state index contributed by atoms with van der Waals surface area (Å²) in [5.41, 5.74) is 0.481. The molecule has 0 aliphatic heterocycles. The first-order chi connectivity index (χ1) is 13.7. The monoisotopic (exact) mass is 436 g/mol. The first-order valence-electron chi connectivity index (χ1n) is 8.31. The van der Waals surface area contributed by atoms with Gasteiger partial charge in [-0.2, -0.15) is 0 Å². The van der Waals surface area contributed by atoms with Crippen LogP contribution >= 0.6 is 11.6 Å². The predicted molar refractivity (Wildman–Crippen MR) is 108 cm³/mol. The number of amides is 1. The Balaban J connectivity index is 1.88. The second-order valence-corrected chi connectivity index (χ2v) is 8.26. The lowest BCUT2D eigenvalue weighted by atomic mass is 10.1. The summed E-state index contributed by atoms with van der Waals surface area (Å²) in [6, 6.07) is 13.0. The van der Waals surface area contributed by atoms with Crippen LogP contribution in [0.2, 0.25) is 5.02 Å². The molecule has 0 aromatic heterocycles. The van der Waals surface area contributed by atoms with E-state index in [0.717, 1.165) is 12.1 Å². The van der Waals surface area contributed by atoms with Crippen LogP contribution in [-0.4, -0.2) is 14.3 Å². The van der Waals surface area contributed by atoms with Crippen LogP contribution in [0.15, 0.2) is 65.6 Å². The predicted octanol–water partition coefficient (Wildman–Crippen LogP) is 4.98. The number of anilines is 2. The fourth-order valence-electron chi connectivity index (χ4n) is 2.60. The van der Waals surface area contributed by atoms with Crippen molar-refractivity contribution in [1.82, 2.24) is 0 Å². The molecule has 0 radical (unpaired) electrons. The molecule has 0 fully saturated rings. The largest absolute Gasteiger partial charge is 0.322 e. The van der Waals surface area contributed by atoms with Crippen LogP contribution in [-0.2, 0) is 10.0 Å². The topological polar surface area (TPSA) is 75.3 Å². The van der Waals surface area contributed by atoms with Gasteiger partial charge < -0.3 is 5.32 Å². The van der Waals surface area contributed by atoms with Crippen molar-refractivity contribution in [3.8, 4) is 0 Å².